The van der Waals surface area contributed by atoms with Gasteiger partial charge < -0.3 is 8.85 Å². The Morgan fingerprint density at radius 3 is 2.16 bits per heavy atom. The van der Waals surface area contributed by atoms with Gasteiger partial charge in [0.15, 0.2) is 8.32 Å². The van der Waals surface area contributed by atoms with Gasteiger partial charge in [-0.2, -0.15) is 0 Å². The molecule has 0 radical (unpaired) electrons. The summed E-state index contributed by atoms with van der Waals surface area (Å²) in [5, 5.41) is 1.41. The van der Waals surface area contributed by atoms with E-state index in [4.69, 9.17) is 8.85 Å². The van der Waals surface area contributed by atoms with Crippen molar-refractivity contribution in [1.82, 2.24) is 0 Å². The molecular weight excluding hydrogens is 268 g/mol. The van der Waals surface area contributed by atoms with E-state index in [9.17, 15) is 0 Å². The van der Waals surface area contributed by atoms with Gasteiger partial charge in [0.2, 0.25) is 8.32 Å². The first-order valence-corrected chi connectivity index (χ1v) is 13.0. The van der Waals surface area contributed by atoms with E-state index in [1.807, 2.05) is 6.92 Å². The summed E-state index contributed by atoms with van der Waals surface area (Å²) in [6.45, 7) is 12.0. The minimum Gasteiger partial charge on any atom is -0.450 e. The maximum Gasteiger partial charge on any atom is 0.209 e. The van der Waals surface area contributed by atoms with Gasteiger partial charge in [-0.3, -0.25) is 0 Å². The molecule has 0 saturated heterocycles. The number of hydrogen-bond acceptors (Lipinski definition) is 2. The summed E-state index contributed by atoms with van der Waals surface area (Å²) >= 11 is 0. The number of hydrogen-bond donors (Lipinski definition) is 0. The predicted molar refractivity (Wildman–Crippen MR) is 87.9 cm³/mol. The van der Waals surface area contributed by atoms with E-state index in [-0.39, 0.29) is 0 Å². The van der Waals surface area contributed by atoms with Crippen molar-refractivity contribution in [2.24, 2.45) is 0 Å². The standard InChI is InChI=1S/C15H28O2Si2/c1-6-13-19(5,15-11-9-8-10-12-15)17-18(3,4)14-16-7-2/h8-12H,6-7,13-14H2,1-5H3. The topological polar surface area (TPSA) is 18.5 Å². The van der Waals surface area contributed by atoms with Crippen LogP contribution in [0.2, 0.25) is 25.7 Å². The van der Waals surface area contributed by atoms with Crippen molar-refractivity contribution in [3.05, 3.63) is 30.3 Å². The van der Waals surface area contributed by atoms with Gasteiger partial charge in [0.1, 0.15) is 0 Å². The zero-order valence-electron chi connectivity index (χ0n) is 13.0. The zero-order valence-corrected chi connectivity index (χ0v) is 15.0. The molecular formula is C15H28O2Si2. The lowest BCUT2D eigenvalue weighted by atomic mass is 10.4. The Labute approximate surface area is 120 Å². The summed E-state index contributed by atoms with van der Waals surface area (Å²) in [7, 11) is -3.57. The minimum absolute atomic E-state index is 0.775. The second-order valence-electron chi connectivity index (χ2n) is 5.85. The molecule has 0 amide bonds. The van der Waals surface area contributed by atoms with E-state index in [1.165, 1.54) is 17.7 Å². The highest BCUT2D eigenvalue weighted by molar-refractivity contribution is 6.93. The van der Waals surface area contributed by atoms with Crippen molar-refractivity contribution >= 4 is 21.8 Å². The fourth-order valence-corrected chi connectivity index (χ4v) is 11.3. The number of ether oxygens (including phenoxy) is 1. The second kappa shape index (κ2) is 7.38. The average Bonchev–Trinajstić information content (AvgIpc) is 2.37. The van der Waals surface area contributed by atoms with E-state index in [0.717, 1.165) is 12.8 Å². The third kappa shape index (κ3) is 5.22. The fourth-order valence-electron chi connectivity index (χ4n) is 2.51. The Morgan fingerprint density at radius 2 is 1.63 bits per heavy atom. The molecule has 19 heavy (non-hydrogen) atoms. The molecule has 1 atom stereocenters. The largest absolute Gasteiger partial charge is 0.450 e. The molecule has 1 aromatic rings. The van der Waals surface area contributed by atoms with Crippen LogP contribution < -0.4 is 5.19 Å². The van der Waals surface area contributed by atoms with Gasteiger partial charge in [-0.25, -0.2) is 0 Å². The molecule has 108 valence electrons. The molecule has 0 aliphatic rings. The maximum atomic E-state index is 6.71. The minimum atomic E-state index is -1.83. The monoisotopic (exact) mass is 296 g/mol. The van der Waals surface area contributed by atoms with Gasteiger partial charge in [0, 0.05) is 6.61 Å². The van der Waals surface area contributed by atoms with Crippen LogP contribution in [-0.2, 0) is 8.85 Å². The van der Waals surface area contributed by atoms with Crippen molar-refractivity contribution in [1.29, 1.82) is 0 Å². The highest BCUT2D eigenvalue weighted by atomic mass is 28.4. The zero-order chi connectivity index (χ0) is 14.4. The van der Waals surface area contributed by atoms with Crippen LogP contribution in [0.3, 0.4) is 0 Å². The second-order valence-corrected chi connectivity index (χ2v) is 14.0. The van der Waals surface area contributed by atoms with Crippen LogP contribution in [0.15, 0.2) is 30.3 Å². The molecule has 0 aromatic heterocycles. The Hall–Kier alpha value is -0.426. The van der Waals surface area contributed by atoms with Gasteiger partial charge in [0.25, 0.3) is 0 Å². The molecule has 1 unspecified atom stereocenters. The van der Waals surface area contributed by atoms with Crippen LogP contribution in [0.25, 0.3) is 0 Å². The predicted octanol–water partition coefficient (Wildman–Crippen LogP) is 3.68. The molecule has 0 aliphatic carbocycles. The highest BCUT2D eigenvalue weighted by Crippen LogP contribution is 2.20. The SMILES string of the molecule is CCC[Si](C)(O[Si](C)(C)COCC)c1ccccc1. The van der Waals surface area contributed by atoms with Crippen LogP contribution in [-0.4, -0.2) is 29.5 Å². The molecule has 0 bridgehead atoms. The summed E-state index contributed by atoms with van der Waals surface area (Å²) < 4.78 is 12.3. The third-order valence-electron chi connectivity index (χ3n) is 3.27. The van der Waals surface area contributed by atoms with Crippen molar-refractivity contribution in [2.75, 3.05) is 12.8 Å². The summed E-state index contributed by atoms with van der Waals surface area (Å²) in [4.78, 5) is 0. The molecule has 1 rings (SSSR count). The van der Waals surface area contributed by atoms with Gasteiger partial charge in [-0.15, -0.1) is 0 Å². The highest BCUT2D eigenvalue weighted by Gasteiger charge is 2.37. The molecule has 0 saturated carbocycles. The first-order chi connectivity index (χ1) is 8.93. The molecule has 0 heterocycles. The van der Waals surface area contributed by atoms with E-state index in [1.54, 1.807) is 0 Å². The number of rotatable bonds is 8. The molecule has 0 N–H and O–H groups in total. The quantitative estimate of drug-likeness (QED) is 0.681. The van der Waals surface area contributed by atoms with Gasteiger partial charge >= 0.3 is 0 Å². The van der Waals surface area contributed by atoms with E-state index in [0.29, 0.717) is 0 Å². The van der Waals surface area contributed by atoms with E-state index >= 15 is 0 Å². The third-order valence-corrected chi connectivity index (χ3v) is 11.2. The molecule has 0 aliphatic heterocycles. The fraction of sp³-hybridized carbons (Fsp3) is 0.600. The lowest BCUT2D eigenvalue weighted by Crippen LogP contribution is -2.56. The smallest absolute Gasteiger partial charge is 0.209 e. The number of benzene rings is 1. The Balaban J connectivity index is 2.88. The van der Waals surface area contributed by atoms with Crippen LogP contribution >= 0.6 is 0 Å². The lowest BCUT2D eigenvalue weighted by molar-refractivity contribution is 0.179. The van der Waals surface area contributed by atoms with Crippen molar-refractivity contribution < 1.29 is 8.85 Å². The summed E-state index contributed by atoms with van der Waals surface area (Å²) in [6.07, 6.45) is 1.97. The van der Waals surface area contributed by atoms with E-state index in [2.05, 4.69) is 56.9 Å². The summed E-state index contributed by atoms with van der Waals surface area (Å²) in [5.74, 6) is 0. The van der Waals surface area contributed by atoms with Gasteiger partial charge in [0.05, 0.1) is 6.23 Å². The van der Waals surface area contributed by atoms with Crippen LogP contribution in [0, 0.1) is 0 Å². The van der Waals surface area contributed by atoms with Crippen LogP contribution in [0.5, 0.6) is 0 Å². The summed E-state index contributed by atoms with van der Waals surface area (Å²) in [5.41, 5.74) is 0. The first-order valence-electron chi connectivity index (χ1n) is 7.27. The normalized spacial score (nSPS) is 15.2. The van der Waals surface area contributed by atoms with Crippen molar-refractivity contribution in [3.63, 3.8) is 0 Å². The van der Waals surface area contributed by atoms with Gasteiger partial charge in [-0.05, 0) is 37.8 Å². The Morgan fingerprint density at radius 1 is 1.00 bits per heavy atom. The first kappa shape index (κ1) is 16.6. The van der Waals surface area contributed by atoms with Crippen LogP contribution in [0.1, 0.15) is 20.3 Å². The summed E-state index contributed by atoms with van der Waals surface area (Å²) in [6, 6.07) is 12.0. The molecule has 2 nitrogen and oxygen atoms in total. The molecule has 0 spiro atoms. The van der Waals surface area contributed by atoms with Gasteiger partial charge in [-0.1, -0.05) is 43.7 Å². The lowest BCUT2D eigenvalue weighted by Gasteiger charge is -2.36. The molecule has 1 aromatic carbocycles. The van der Waals surface area contributed by atoms with E-state index < -0.39 is 16.6 Å². The Kier molecular flexibility index (Phi) is 6.46. The average molecular weight is 297 g/mol. The Bertz CT molecular complexity index is 368. The molecule has 4 heteroatoms. The van der Waals surface area contributed by atoms with Crippen molar-refractivity contribution in [2.45, 2.75) is 46.0 Å². The maximum absolute atomic E-state index is 6.71. The van der Waals surface area contributed by atoms with Crippen LogP contribution in [0.4, 0.5) is 0 Å². The van der Waals surface area contributed by atoms with Crippen molar-refractivity contribution in [3.8, 4) is 0 Å². The molecule has 0 fully saturated rings.